The molecule has 1 aromatic rings. The number of benzene rings is 1. The van der Waals surface area contributed by atoms with Crippen molar-refractivity contribution in [2.24, 2.45) is 5.73 Å². The van der Waals surface area contributed by atoms with Gasteiger partial charge >= 0.3 is 6.18 Å². The van der Waals surface area contributed by atoms with E-state index in [0.717, 1.165) is 0 Å². The van der Waals surface area contributed by atoms with Crippen molar-refractivity contribution in [2.45, 2.75) is 17.2 Å². The molecule has 1 aromatic carbocycles. The van der Waals surface area contributed by atoms with Crippen LogP contribution in [-0.4, -0.2) is 37.6 Å². The molecule has 8 heteroatoms. The number of hydrogen-bond acceptors (Lipinski definition) is 4. The molecule has 0 aromatic heterocycles. The van der Waals surface area contributed by atoms with Crippen LogP contribution in [0.25, 0.3) is 0 Å². The summed E-state index contributed by atoms with van der Waals surface area (Å²) in [6, 6.07) is 6.26. The Morgan fingerprint density at radius 3 is 2.65 bits per heavy atom. The number of rotatable bonds is 6. The van der Waals surface area contributed by atoms with E-state index in [9.17, 15) is 18.0 Å². The van der Waals surface area contributed by atoms with E-state index in [2.05, 4.69) is 5.32 Å². The minimum Gasteiger partial charge on any atom is -0.370 e. The topological polar surface area (TPSA) is 64.3 Å². The molecule has 1 amide bonds. The van der Waals surface area contributed by atoms with Gasteiger partial charge in [-0.1, -0.05) is 12.1 Å². The maximum atomic E-state index is 12.2. The van der Waals surface area contributed by atoms with Gasteiger partial charge in [0, 0.05) is 18.6 Å². The molecule has 0 aliphatic rings. The molecule has 20 heavy (non-hydrogen) atoms. The molecular formula is C12H15F3N2O2S. The number of ether oxygens (including phenoxy) is 1. The van der Waals surface area contributed by atoms with Crippen LogP contribution in [0.4, 0.5) is 18.9 Å². The number of hydrogen-bond donors (Lipinski definition) is 2. The SMILES string of the molecule is COC(CN)C(=O)Nc1ccccc1SCC(F)(F)F. The van der Waals surface area contributed by atoms with Gasteiger partial charge in [-0.3, -0.25) is 4.79 Å². The number of thioether (sulfide) groups is 1. The van der Waals surface area contributed by atoms with E-state index < -0.39 is 23.9 Å². The van der Waals surface area contributed by atoms with Gasteiger partial charge < -0.3 is 15.8 Å². The third-order valence-corrected chi connectivity index (χ3v) is 3.47. The largest absolute Gasteiger partial charge is 0.398 e. The van der Waals surface area contributed by atoms with Gasteiger partial charge in [-0.25, -0.2) is 0 Å². The van der Waals surface area contributed by atoms with E-state index in [1.807, 2.05) is 0 Å². The molecule has 3 N–H and O–H groups in total. The highest BCUT2D eigenvalue weighted by Crippen LogP contribution is 2.32. The maximum absolute atomic E-state index is 12.2. The highest BCUT2D eigenvalue weighted by atomic mass is 32.2. The van der Waals surface area contributed by atoms with Crippen molar-refractivity contribution in [1.29, 1.82) is 0 Å². The van der Waals surface area contributed by atoms with Gasteiger partial charge in [-0.05, 0) is 12.1 Å². The van der Waals surface area contributed by atoms with E-state index >= 15 is 0 Å². The number of para-hydroxylation sites is 1. The summed E-state index contributed by atoms with van der Waals surface area (Å²) in [5.41, 5.74) is 5.66. The Morgan fingerprint density at radius 2 is 2.10 bits per heavy atom. The first-order valence-corrected chi connectivity index (χ1v) is 6.68. The molecule has 1 unspecified atom stereocenters. The fourth-order valence-electron chi connectivity index (χ4n) is 1.38. The molecule has 0 fully saturated rings. The molecule has 4 nitrogen and oxygen atoms in total. The lowest BCUT2D eigenvalue weighted by molar-refractivity contribution is -0.125. The van der Waals surface area contributed by atoms with E-state index in [1.165, 1.54) is 19.2 Å². The lowest BCUT2D eigenvalue weighted by Crippen LogP contribution is -2.36. The van der Waals surface area contributed by atoms with Gasteiger partial charge in [0.25, 0.3) is 5.91 Å². The van der Waals surface area contributed by atoms with Gasteiger partial charge in [0.2, 0.25) is 0 Å². The summed E-state index contributed by atoms with van der Waals surface area (Å²) in [5.74, 6) is -1.51. The number of nitrogens with two attached hydrogens (primary N) is 1. The molecule has 0 bridgehead atoms. The zero-order valence-electron chi connectivity index (χ0n) is 10.7. The van der Waals surface area contributed by atoms with E-state index in [4.69, 9.17) is 10.5 Å². The Labute approximate surface area is 118 Å². The standard InChI is InChI=1S/C12H15F3N2O2S/c1-19-9(6-16)11(18)17-8-4-2-3-5-10(8)20-7-12(13,14)15/h2-5,9H,6-7,16H2,1H3,(H,17,18). The summed E-state index contributed by atoms with van der Waals surface area (Å²) in [4.78, 5) is 12.1. The second-order valence-corrected chi connectivity index (χ2v) is 4.87. The number of carbonyl (C=O) groups excluding carboxylic acids is 1. The minimum atomic E-state index is -4.27. The van der Waals surface area contributed by atoms with Crippen molar-refractivity contribution in [3.8, 4) is 0 Å². The minimum absolute atomic E-state index is 0.0137. The van der Waals surface area contributed by atoms with Crippen LogP contribution in [0.15, 0.2) is 29.2 Å². The second-order valence-electron chi connectivity index (χ2n) is 3.85. The zero-order chi connectivity index (χ0) is 15.2. The van der Waals surface area contributed by atoms with Crippen LogP contribution in [0.3, 0.4) is 0 Å². The average molecular weight is 308 g/mol. The first kappa shape index (κ1) is 16.8. The molecule has 1 atom stereocenters. The fraction of sp³-hybridized carbons (Fsp3) is 0.417. The number of methoxy groups -OCH3 is 1. The summed E-state index contributed by atoms with van der Waals surface area (Å²) in [6.45, 7) is -0.0137. The fourth-order valence-corrected chi connectivity index (χ4v) is 2.15. The van der Waals surface area contributed by atoms with Gasteiger partial charge in [-0.2, -0.15) is 13.2 Å². The molecule has 0 heterocycles. The predicted molar refractivity (Wildman–Crippen MR) is 71.7 cm³/mol. The highest BCUT2D eigenvalue weighted by Gasteiger charge is 2.28. The van der Waals surface area contributed by atoms with E-state index in [0.29, 0.717) is 22.3 Å². The summed E-state index contributed by atoms with van der Waals surface area (Å²) in [5, 5.41) is 2.52. The maximum Gasteiger partial charge on any atom is 0.398 e. The first-order chi connectivity index (χ1) is 9.37. The zero-order valence-corrected chi connectivity index (χ0v) is 11.6. The van der Waals surface area contributed by atoms with Crippen molar-refractivity contribution >= 4 is 23.4 Å². The molecule has 0 spiro atoms. The van der Waals surface area contributed by atoms with E-state index in [-0.39, 0.29) is 6.54 Å². The Hall–Kier alpha value is -1.25. The van der Waals surface area contributed by atoms with Crippen LogP contribution >= 0.6 is 11.8 Å². The van der Waals surface area contributed by atoms with Crippen LogP contribution in [0.1, 0.15) is 0 Å². The number of halogens is 3. The van der Waals surface area contributed by atoms with Crippen molar-refractivity contribution < 1.29 is 22.7 Å². The lowest BCUT2D eigenvalue weighted by Gasteiger charge is -2.15. The number of nitrogens with one attached hydrogen (secondary N) is 1. The third kappa shape index (κ3) is 5.40. The lowest BCUT2D eigenvalue weighted by atomic mass is 10.3. The normalized spacial score (nSPS) is 13.1. The van der Waals surface area contributed by atoms with E-state index in [1.54, 1.807) is 12.1 Å². The predicted octanol–water partition coefficient (Wildman–Crippen LogP) is 2.25. The number of amides is 1. The Balaban J connectivity index is 2.77. The summed E-state index contributed by atoms with van der Waals surface area (Å²) in [6.07, 6.45) is -5.11. The molecule has 0 aliphatic carbocycles. The van der Waals surface area contributed by atoms with Crippen LogP contribution in [0.5, 0.6) is 0 Å². The van der Waals surface area contributed by atoms with Gasteiger partial charge in [0.1, 0.15) is 6.10 Å². The molecule has 0 aliphatic heterocycles. The number of alkyl halides is 3. The summed E-state index contributed by atoms with van der Waals surface area (Å²) in [7, 11) is 1.33. The Morgan fingerprint density at radius 1 is 1.45 bits per heavy atom. The molecule has 112 valence electrons. The summed E-state index contributed by atoms with van der Waals surface area (Å²) >= 11 is 0.611. The first-order valence-electron chi connectivity index (χ1n) is 5.69. The summed E-state index contributed by atoms with van der Waals surface area (Å²) < 4.78 is 41.5. The van der Waals surface area contributed by atoms with Crippen molar-refractivity contribution in [1.82, 2.24) is 0 Å². The molecule has 0 radical (unpaired) electrons. The molecule has 0 saturated carbocycles. The monoisotopic (exact) mass is 308 g/mol. The number of carbonyl (C=O) groups is 1. The van der Waals surface area contributed by atoms with Crippen LogP contribution in [0.2, 0.25) is 0 Å². The second kappa shape index (κ2) is 7.51. The quantitative estimate of drug-likeness (QED) is 0.791. The Bertz CT molecular complexity index is 451. The average Bonchev–Trinajstić information content (AvgIpc) is 2.38. The molecule has 0 saturated heterocycles. The van der Waals surface area contributed by atoms with Gasteiger partial charge in [0.05, 0.1) is 11.4 Å². The molecular weight excluding hydrogens is 293 g/mol. The third-order valence-electron chi connectivity index (χ3n) is 2.33. The van der Waals surface area contributed by atoms with Gasteiger partial charge in [0.15, 0.2) is 0 Å². The highest BCUT2D eigenvalue weighted by molar-refractivity contribution is 7.99. The van der Waals surface area contributed by atoms with Crippen LogP contribution in [0, 0.1) is 0 Å². The van der Waals surface area contributed by atoms with Crippen molar-refractivity contribution in [3.63, 3.8) is 0 Å². The van der Waals surface area contributed by atoms with Crippen molar-refractivity contribution in [3.05, 3.63) is 24.3 Å². The Kier molecular flexibility index (Phi) is 6.31. The number of anilines is 1. The van der Waals surface area contributed by atoms with Crippen LogP contribution in [-0.2, 0) is 9.53 Å². The molecule has 1 rings (SSSR count). The van der Waals surface area contributed by atoms with Crippen molar-refractivity contribution in [2.75, 3.05) is 24.7 Å². The van der Waals surface area contributed by atoms with Gasteiger partial charge in [-0.15, -0.1) is 11.8 Å². The van der Waals surface area contributed by atoms with Crippen LogP contribution < -0.4 is 11.1 Å². The smallest absolute Gasteiger partial charge is 0.370 e.